The van der Waals surface area contributed by atoms with Gasteiger partial charge in [0.2, 0.25) is 0 Å². The van der Waals surface area contributed by atoms with Crippen molar-refractivity contribution in [3.8, 4) is 0 Å². The summed E-state index contributed by atoms with van der Waals surface area (Å²) in [5.41, 5.74) is 8.18. The SMILES string of the molecule is CC1CCCC(N(C)Cc2ccccc2N)C1. The average Bonchev–Trinajstić information content (AvgIpc) is 2.32. The molecule has 1 fully saturated rings. The van der Waals surface area contributed by atoms with E-state index in [1.807, 2.05) is 12.1 Å². The molecule has 94 valence electrons. The van der Waals surface area contributed by atoms with Gasteiger partial charge in [0.15, 0.2) is 0 Å². The Hall–Kier alpha value is -1.02. The maximum atomic E-state index is 6.00. The molecule has 2 unspecified atom stereocenters. The first-order chi connectivity index (χ1) is 8.16. The predicted molar refractivity (Wildman–Crippen MR) is 73.7 cm³/mol. The standard InChI is InChI=1S/C15H24N2/c1-12-6-5-8-14(10-12)17(2)11-13-7-3-4-9-15(13)16/h3-4,7,9,12,14H,5-6,8,10-11,16H2,1-2H3. The van der Waals surface area contributed by atoms with Crippen molar-refractivity contribution in [3.63, 3.8) is 0 Å². The number of nitrogens with zero attached hydrogens (tertiary/aromatic N) is 1. The highest BCUT2D eigenvalue weighted by atomic mass is 15.1. The Morgan fingerprint density at radius 3 is 2.76 bits per heavy atom. The number of benzene rings is 1. The monoisotopic (exact) mass is 232 g/mol. The molecule has 1 aliphatic carbocycles. The smallest absolute Gasteiger partial charge is 0.0359 e. The molecule has 2 N–H and O–H groups in total. The Bertz CT molecular complexity index is 362. The van der Waals surface area contributed by atoms with Gasteiger partial charge in [-0.1, -0.05) is 38.0 Å². The van der Waals surface area contributed by atoms with E-state index in [1.165, 1.54) is 31.2 Å². The van der Waals surface area contributed by atoms with Gasteiger partial charge in [0.1, 0.15) is 0 Å². The number of nitrogens with two attached hydrogens (primary N) is 1. The van der Waals surface area contributed by atoms with Crippen molar-refractivity contribution in [1.29, 1.82) is 0 Å². The molecule has 2 nitrogen and oxygen atoms in total. The van der Waals surface area contributed by atoms with Crippen LogP contribution in [0, 0.1) is 5.92 Å². The lowest BCUT2D eigenvalue weighted by molar-refractivity contribution is 0.158. The summed E-state index contributed by atoms with van der Waals surface area (Å²) in [6, 6.07) is 8.94. The molecule has 2 atom stereocenters. The zero-order valence-corrected chi connectivity index (χ0v) is 11.0. The first kappa shape index (κ1) is 12.4. The van der Waals surface area contributed by atoms with Crippen molar-refractivity contribution >= 4 is 5.69 Å². The molecule has 1 saturated carbocycles. The van der Waals surface area contributed by atoms with E-state index in [2.05, 4.69) is 31.0 Å². The molecule has 1 aromatic rings. The number of anilines is 1. The molecule has 0 aromatic heterocycles. The fourth-order valence-electron chi connectivity index (χ4n) is 2.88. The van der Waals surface area contributed by atoms with Gasteiger partial charge in [0.05, 0.1) is 0 Å². The summed E-state index contributed by atoms with van der Waals surface area (Å²) in [6.45, 7) is 3.35. The van der Waals surface area contributed by atoms with E-state index in [0.717, 1.165) is 24.2 Å². The molecule has 0 spiro atoms. The van der Waals surface area contributed by atoms with Crippen molar-refractivity contribution in [2.75, 3.05) is 12.8 Å². The minimum atomic E-state index is 0.735. The molecule has 1 aromatic carbocycles. The zero-order chi connectivity index (χ0) is 12.3. The third-order valence-electron chi connectivity index (χ3n) is 4.01. The third kappa shape index (κ3) is 3.22. The Labute approximate surface area is 105 Å². The van der Waals surface area contributed by atoms with Crippen LogP contribution in [0.4, 0.5) is 5.69 Å². The van der Waals surface area contributed by atoms with Gasteiger partial charge < -0.3 is 5.73 Å². The van der Waals surface area contributed by atoms with Gasteiger partial charge in [-0.25, -0.2) is 0 Å². The third-order valence-corrected chi connectivity index (χ3v) is 4.01. The highest BCUT2D eigenvalue weighted by Gasteiger charge is 2.22. The molecule has 2 heteroatoms. The van der Waals surface area contributed by atoms with E-state index >= 15 is 0 Å². The molecular weight excluding hydrogens is 208 g/mol. The molecule has 0 aliphatic heterocycles. The van der Waals surface area contributed by atoms with Crippen LogP contribution in [0.15, 0.2) is 24.3 Å². The van der Waals surface area contributed by atoms with Crippen LogP contribution in [0.25, 0.3) is 0 Å². The molecule has 0 amide bonds. The van der Waals surface area contributed by atoms with E-state index < -0.39 is 0 Å². The molecule has 1 aliphatic rings. The van der Waals surface area contributed by atoms with Crippen molar-refractivity contribution in [1.82, 2.24) is 4.90 Å². The second-order valence-electron chi connectivity index (χ2n) is 5.54. The fourth-order valence-corrected chi connectivity index (χ4v) is 2.88. The second kappa shape index (κ2) is 5.54. The highest BCUT2D eigenvalue weighted by molar-refractivity contribution is 5.46. The van der Waals surface area contributed by atoms with Gasteiger partial charge in [-0.05, 0) is 37.4 Å². The summed E-state index contributed by atoms with van der Waals surface area (Å²) in [4.78, 5) is 2.47. The minimum absolute atomic E-state index is 0.735. The van der Waals surface area contributed by atoms with E-state index in [-0.39, 0.29) is 0 Å². The van der Waals surface area contributed by atoms with Gasteiger partial charge >= 0.3 is 0 Å². The molecule has 0 radical (unpaired) electrons. The molecule has 2 rings (SSSR count). The lowest BCUT2D eigenvalue weighted by Gasteiger charge is -2.34. The van der Waals surface area contributed by atoms with Gasteiger partial charge in [0.25, 0.3) is 0 Å². The maximum absolute atomic E-state index is 6.00. The molecular formula is C15H24N2. The van der Waals surface area contributed by atoms with Crippen LogP contribution in [0.5, 0.6) is 0 Å². The maximum Gasteiger partial charge on any atom is 0.0359 e. The fraction of sp³-hybridized carbons (Fsp3) is 0.600. The van der Waals surface area contributed by atoms with Crippen LogP contribution >= 0.6 is 0 Å². The Morgan fingerprint density at radius 2 is 2.06 bits per heavy atom. The highest BCUT2D eigenvalue weighted by Crippen LogP contribution is 2.27. The normalized spacial score (nSPS) is 25.1. The van der Waals surface area contributed by atoms with Crippen LogP contribution in [0.3, 0.4) is 0 Å². The lowest BCUT2D eigenvalue weighted by Crippen LogP contribution is -2.35. The van der Waals surface area contributed by atoms with E-state index in [9.17, 15) is 0 Å². The van der Waals surface area contributed by atoms with E-state index in [0.29, 0.717) is 0 Å². The number of hydrogen-bond acceptors (Lipinski definition) is 2. The predicted octanol–water partition coefficient (Wildman–Crippen LogP) is 3.28. The van der Waals surface area contributed by atoms with Gasteiger partial charge in [-0.3, -0.25) is 4.90 Å². The number of nitrogen functional groups attached to an aromatic ring is 1. The summed E-state index contributed by atoms with van der Waals surface area (Å²) in [7, 11) is 2.23. The first-order valence-corrected chi connectivity index (χ1v) is 6.70. The largest absolute Gasteiger partial charge is 0.398 e. The van der Waals surface area contributed by atoms with Gasteiger partial charge in [-0.15, -0.1) is 0 Å². The zero-order valence-electron chi connectivity index (χ0n) is 11.0. The molecule has 0 saturated heterocycles. The summed E-state index contributed by atoms with van der Waals surface area (Å²) in [5, 5.41) is 0. The van der Waals surface area contributed by atoms with Gasteiger partial charge in [-0.2, -0.15) is 0 Å². The van der Waals surface area contributed by atoms with Crippen LogP contribution in [-0.4, -0.2) is 18.0 Å². The van der Waals surface area contributed by atoms with Crippen LogP contribution in [0.1, 0.15) is 38.2 Å². The number of hydrogen-bond donors (Lipinski definition) is 1. The minimum Gasteiger partial charge on any atom is -0.398 e. The molecule has 0 bridgehead atoms. The summed E-state index contributed by atoms with van der Waals surface area (Å²) < 4.78 is 0. The van der Waals surface area contributed by atoms with Crippen LogP contribution in [-0.2, 0) is 6.54 Å². The lowest BCUT2D eigenvalue weighted by atomic mass is 9.86. The number of para-hydroxylation sites is 1. The summed E-state index contributed by atoms with van der Waals surface area (Å²) >= 11 is 0. The van der Waals surface area contributed by atoms with Crippen LogP contribution in [0.2, 0.25) is 0 Å². The molecule has 17 heavy (non-hydrogen) atoms. The Balaban J connectivity index is 1.96. The van der Waals surface area contributed by atoms with Gasteiger partial charge in [0, 0.05) is 18.3 Å². The van der Waals surface area contributed by atoms with E-state index in [1.54, 1.807) is 0 Å². The topological polar surface area (TPSA) is 29.3 Å². The van der Waals surface area contributed by atoms with Crippen LogP contribution < -0.4 is 5.73 Å². The Morgan fingerprint density at radius 1 is 1.29 bits per heavy atom. The number of rotatable bonds is 3. The van der Waals surface area contributed by atoms with Crippen molar-refractivity contribution < 1.29 is 0 Å². The second-order valence-corrected chi connectivity index (χ2v) is 5.54. The summed E-state index contributed by atoms with van der Waals surface area (Å²) in [6.07, 6.45) is 5.45. The Kier molecular flexibility index (Phi) is 4.06. The van der Waals surface area contributed by atoms with Crippen molar-refractivity contribution in [2.45, 2.75) is 45.2 Å². The average molecular weight is 232 g/mol. The van der Waals surface area contributed by atoms with Crippen molar-refractivity contribution in [3.05, 3.63) is 29.8 Å². The first-order valence-electron chi connectivity index (χ1n) is 6.70. The summed E-state index contributed by atoms with van der Waals surface area (Å²) in [5.74, 6) is 0.879. The van der Waals surface area contributed by atoms with E-state index in [4.69, 9.17) is 5.73 Å². The van der Waals surface area contributed by atoms with Crippen molar-refractivity contribution in [2.24, 2.45) is 5.92 Å². The quantitative estimate of drug-likeness (QED) is 0.810. The molecule has 0 heterocycles.